The predicted molar refractivity (Wildman–Crippen MR) is 78.2 cm³/mol. The first-order valence-electron chi connectivity index (χ1n) is 6.22. The SMILES string of the molecule is COC(C(=O)Nc1cc(C)c(N)cn1)c1ccccc1. The summed E-state index contributed by atoms with van der Waals surface area (Å²) in [5.41, 5.74) is 7.94. The maximum absolute atomic E-state index is 12.2. The number of hydrogen-bond acceptors (Lipinski definition) is 4. The third-order valence-corrected chi connectivity index (χ3v) is 2.98. The number of nitrogens with zero attached hydrogens (tertiary/aromatic N) is 1. The van der Waals surface area contributed by atoms with Crippen LogP contribution in [0, 0.1) is 6.92 Å². The maximum Gasteiger partial charge on any atom is 0.259 e. The number of methoxy groups -OCH3 is 1. The monoisotopic (exact) mass is 271 g/mol. The minimum absolute atomic E-state index is 0.268. The van der Waals surface area contributed by atoms with E-state index in [1.165, 1.54) is 13.3 Å². The molecule has 0 aliphatic heterocycles. The molecule has 0 radical (unpaired) electrons. The van der Waals surface area contributed by atoms with Crippen LogP contribution >= 0.6 is 0 Å². The number of hydrogen-bond donors (Lipinski definition) is 2. The molecule has 0 saturated carbocycles. The number of rotatable bonds is 4. The maximum atomic E-state index is 12.2. The van der Waals surface area contributed by atoms with Crippen LogP contribution in [0.5, 0.6) is 0 Å². The van der Waals surface area contributed by atoms with Gasteiger partial charge in [0.2, 0.25) is 0 Å². The number of nitrogen functional groups attached to an aromatic ring is 1. The Balaban J connectivity index is 2.15. The van der Waals surface area contributed by atoms with Gasteiger partial charge in [0.1, 0.15) is 5.82 Å². The molecule has 1 amide bonds. The summed E-state index contributed by atoms with van der Waals surface area (Å²) in [6.45, 7) is 1.86. The van der Waals surface area contributed by atoms with Crippen LogP contribution in [0.15, 0.2) is 42.6 Å². The Bertz CT molecular complexity index is 599. The molecular weight excluding hydrogens is 254 g/mol. The first kappa shape index (κ1) is 14.0. The molecule has 1 aromatic heterocycles. The molecule has 3 N–H and O–H groups in total. The average molecular weight is 271 g/mol. The predicted octanol–water partition coefficient (Wildman–Crippen LogP) is 2.30. The van der Waals surface area contributed by atoms with Crippen molar-refractivity contribution in [2.24, 2.45) is 0 Å². The molecule has 0 aliphatic rings. The zero-order valence-corrected chi connectivity index (χ0v) is 11.5. The summed E-state index contributed by atoms with van der Waals surface area (Å²) < 4.78 is 5.26. The zero-order chi connectivity index (χ0) is 14.5. The molecule has 0 saturated heterocycles. The Morgan fingerprint density at radius 2 is 2.05 bits per heavy atom. The highest BCUT2D eigenvalue weighted by Gasteiger charge is 2.20. The van der Waals surface area contributed by atoms with Crippen LogP contribution in [0.25, 0.3) is 0 Å². The molecule has 104 valence electrons. The summed E-state index contributed by atoms with van der Waals surface area (Å²) in [6, 6.07) is 11.0. The van der Waals surface area contributed by atoms with Crippen LogP contribution < -0.4 is 11.1 Å². The number of nitrogens with one attached hydrogen (secondary N) is 1. The van der Waals surface area contributed by atoms with E-state index in [0.717, 1.165) is 11.1 Å². The molecule has 1 aromatic carbocycles. The van der Waals surface area contributed by atoms with Gasteiger partial charge in [-0.25, -0.2) is 4.98 Å². The smallest absolute Gasteiger partial charge is 0.259 e. The van der Waals surface area contributed by atoms with Crippen LogP contribution in [-0.2, 0) is 9.53 Å². The van der Waals surface area contributed by atoms with Crippen LogP contribution in [0.4, 0.5) is 11.5 Å². The van der Waals surface area contributed by atoms with Gasteiger partial charge in [0, 0.05) is 7.11 Å². The van der Waals surface area contributed by atoms with Gasteiger partial charge in [-0.1, -0.05) is 30.3 Å². The Morgan fingerprint density at radius 3 is 2.65 bits per heavy atom. The van der Waals surface area contributed by atoms with Crippen molar-refractivity contribution in [3.05, 3.63) is 53.7 Å². The van der Waals surface area contributed by atoms with Crippen molar-refractivity contribution in [2.75, 3.05) is 18.2 Å². The summed E-state index contributed by atoms with van der Waals surface area (Å²) in [7, 11) is 1.50. The highest BCUT2D eigenvalue weighted by molar-refractivity contribution is 5.94. The molecule has 0 spiro atoms. The second-order valence-corrected chi connectivity index (χ2v) is 4.44. The van der Waals surface area contributed by atoms with E-state index in [1.807, 2.05) is 37.3 Å². The van der Waals surface area contributed by atoms with E-state index in [2.05, 4.69) is 10.3 Å². The number of pyridine rings is 1. The second-order valence-electron chi connectivity index (χ2n) is 4.44. The summed E-state index contributed by atoms with van der Waals surface area (Å²) in [6.07, 6.45) is 0.853. The van der Waals surface area contributed by atoms with Crippen LogP contribution in [0.3, 0.4) is 0 Å². The summed E-state index contributed by atoms with van der Waals surface area (Å²) in [5.74, 6) is 0.190. The van der Waals surface area contributed by atoms with Gasteiger partial charge >= 0.3 is 0 Å². The van der Waals surface area contributed by atoms with Gasteiger partial charge in [-0.2, -0.15) is 0 Å². The van der Waals surface area contributed by atoms with Gasteiger partial charge < -0.3 is 15.8 Å². The molecule has 0 aliphatic carbocycles. The first-order valence-corrected chi connectivity index (χ1v) is 6.22. The van der Waals surface area contributed by atoms with Crippen molar-refractivity contribution in [1.29, 1.82) is 0 Å². The van der Waals surface area contributed by atoms with Crippen molar-refractivity contribution in [2.45, 2.75) is 13.0 Å². The number of anilines is 2. The standard InChI is InChI=1S/C15H17N3O2/c1-10-8-13(17-9-12(10)16)18-15(19)14(20-2)11-6-4-3-5-7-11/h3-9,14H,16H2,1-2H3,(H,17,18,19). The number of aromatic nitrogens is 1. The third kappa shape index (κ3) is 3.13. The van der Waals surface area contributed by atoms with Crippen LogP contribution in [-0.4, -0.2) is 18.0 Å². The number of carbonyl (C=O) groups is 1. The fraction of sp³-hybridized carbons (Fsp3) is 0.200. The number of benzene rings is 1. The number of amides is 1. The van der Waals surface area contributed by atoms with Gasteiger partial charge in [0.05, 0.1) is 11.9 Å². The van der Waals surface area contributed by atoms with E-state index in [0.29, 0.717) is 11.5 Å². The Morgan fingerprint density at radius 1 is 1.35 bits per heavy atom. The molecule has 0 bridgehead atoms. The van der Waals surface area contributed by atoms with Crippen LogP contribution in [0.1, 0.15) is 17.2 Å². The molecule has 1 heterocycles. The molecule has 1 atom stereocenters. The normalized spacial score (nSPS) is 11.9. The average Bonchev–Trinajstić information content (AvgIpc) is 2.45. The highest BCUT2D eigenvalue weighted by Crippen LogP contribution is 2.19. The molecule has 2 rings (SSSR count). The van der Waals surface area contributed by atoms with E-state index >= 15 is 0 Å². The van der Waals surface area contributed by atoms with Crippen molar-refractivity contribution >= 4 is 17.4 Å². The number of aryl methyl sites for hydroxylation is 1. The summed E-state index contributed by atoms with van der Waals surface area (Å²) >= 11 is 0. The Kier molecular flexibility index (Phi) is 4.32. The molecule has 20 heavy (non-hydrogen) atoms. The van der Waals surface area contributed by atoms with Crippen molar-refractivity contribution in [3.8, 4) is 0 Å². The quantitative estimate of drug-likeness (QED) is 0.894. The van der Waals surface area contributed by atoms with Crippen molar-refractivity contribution < 1.29 is 9.53 Å². The Labute approximate surface area is 117 Å². The number of carbonyl (C=O) groups excluding carboxylic acids is 1. The molecule has 0 fully saturated rings. The van der Waals surface area contributed by atoms with E-state index in [4.69, 9.17) is 10.5 Å². The minimum atomic E-state index is -0.671. The lowest BCUT2D eigenvalue weighted by molar-refractivity contribution is -0.126. The van der Waals surface area contributed by atoms with E-state index < -0.39 is 6.10 Å². The zero-order valence-electron chi connectivity index (χ0n) is 11.5. The number of ether oxygens (including phenoxy) is 1. The lowest BCUT2D eigenvalue weighted by Crippen LogP contribution is -2.23. The lowest BCUT2D eigenvalue weighted by Gasteiger charge is -2.15. The van der Waals surface area contributed by atoms with Crippen molar-refractivity contribution in [1.82, 2.24) is 4.98 Å². The topological polar surface area (TPSA) is 77.2 Å². The number of nitrogens with two attached hydrogens (primary N) is 1. The summed E-state index contributed by atoms with van der Waals surface area (Å²) in [5, 5.41) is 2.73. The Hall–Kier alpha value is -2.40. The van der Waals surface area contributed by atoms with Gasteiger partial charge in [0.15, 0.2) is 6.10 Å². The lowest BCUT2D eigenvalue weighted by atomic mass is 10.1. The minimum Gasteiger partial charge on any atom is -0.397 e. The van der Waals surface area contributed by atoms with Crippen molar-refractivity contribution in [3.63, 3.8) is 0 Å². The molecule has 2 aromatic rings. The third-order valence-electron chi connectivity index (χ3n) is 2.98. The van der Waals surface area contributed by atoms with Gasteiger partial charge in [-0.05, 0) is 24.1 Å². The molecule has 1 unspecified atom stereocenters. The molecular formula is C15H17N3O2. The van der Waals surface area contributed by atoms with Gasteiger partial charge in [-0.3, -0.25) is 4.79 Å². The molecule has 5 nitrogen and oxygen atoms in total. The van der Waals surface area contributed by atoms with E-state index in [1.54, 1.807) is 6.07 Å². The fourth-order valence-electron chi connectivity index (χ4n) is 1.85. The second kappa shape index (κ2) is 6.16. The highest BCUT2D eigenvalue weighted by atomic mass is 16.5. The summed E-state index contributed by atoms with van der Waals surface area (Å²) in [4.78, 5) is 16.3. The molecule has 5 heteroatoms. The fourth-order valence-corrected chi connectivity index (χ4v) is 1.85. The van der Waals surface area contributed by atoms with E-state index in [-0.39, 0.29) is 5.91 Å². The van der Waals surface area contributed by atoms with Gasteiger partial charge in [0.25, 0.3) is 5.91 Å². The van der Waals surface area contributed by atoms with Gasteiger partial charge in [-0.15, -0.1) is 0 Å². The first-order chi connectivity index (χ1) is 9.61. The van der Waals surface area contributed by atoms with Crippen LogP contribution in [0.2, 0.25) is 0 Å². The van der Waals surface area contributed by atoms with E-state index in [9.17, 15) is 4.79 Å². The largest absolute Gasteiger partial charge is 0.397 e.